The molecule has 2 N–H and O–H groups in total. The van der Waals surface area contributed by atoms with Gasteiger partial charge in [0.15, 0.2) is 0 Å². The number of likely N-dealkylation sites (tertiary alicyclic amines) is 1. The number of guanidine groups is 1. The van der Waals surface area contributed by atoms with Gasteiger partial charge in [-0.15, -0.1) is 0 Å². The van der Waals surface area contributed by atoms with E-state index in [1.165, 1.54) is 12.8 Å². The first-order valence-electron chi connectivity index (χ1n) is 8.91. The van der Waals surface area contributed by atoms with E-state index in [1.54, 1.807) is 0 Å². The van der Waals surface area contributed by atoms with Crippen LogP contribution < -0.4 is 0 Å². The molecule has 1 aromatic carbocycles. The van der Waals surface area contributed by atoms with E-state index in [1.807, 2.05) is 42.3 Å². The largest absolute Gasteiger partial charge is 0.478 e. The summed E-state index contributed by atoms with van der Waals surface area (Å²) in [6.45, 7) is 3.63. The van der Waals surface area contributed by atoms with Crippen LogP contribution in [0.2, 0.25) is 0 Å². The molecule has 0 amide bonds. The van der Waals surface area contributed by atoms with Gasteiger partial charge in [-0.1, -0.05) is 18.2 Å². The Labute approximate surface area is 163 Å². The Hall–Kier alpha value is -3.36. The predicted octanol–water partition coefficient (Wildman–Crippen LogP) is 1.80. The van der Waals surface area contributed by atoms with Crippen molar-refractivity contribution in [1.82, 2.24) is 9.80 Å². The summed E-state index contributed by atoms with van der Waals surface area (Å²) < 4.78 is 5.56. The molecule has 0 spiro atoms. The van der Waals surface area contributed by atoms with Crippen molar-refractivity contribution in [2.24, 2.45) is 9.98 Å². The SMILES string of the molecule is CN1CCOC1=NC(=Nc1ccccc1)N1CCCC1.O=C(O)C=CC(=O)O. The molecule has 0 atom stereocenters. The van der Waals surface area contributed by atoms with Gasteiger partial charge in [0.25, 0.3) is 6.02 Å². The average Bonchev–Trinajstić information content (AvgIpc) is 3.33. The molecular weight excluding hydrogens is 364 g/mol. The number of rotatable bonds is 3. The van der Waals surface area contributed by atoms with Crippen molar-refractivity contribution in [3.8, 4) is 0 Å². The van der Waals surface area contributed by atoms with Gasteiger partial charge in [0, 0.05) is 32.3 Å². The Morgan fingerprint density at radius 3 is 2.14 bits per heavy atom. The molecule has 2 aliphatic heterocycles. The molecular formula is C19H24N4O5. The van der Waals surface area contributed by atoms with Crippen LogP contribution in [0.5, 0.6) is 0 Å². The topological polar surface area (TPSA) is 115 Å². The molecule has 0 aliphatic carbocycles. The minimum atomic E-state index is -1.26. The van der Waals surface area contributed by atoms with E-state index in [2.05, 4.69) is 14.9 Å². The van der Waals surface area contributed by atoms with Crippen LogP contribution in [0.25, 0.3) is 0 Å². The molecule has 0 aromatic heterocycles. The van der Waals surface area contributed by atoms with Gasteiger partial charge < -0.3 is 24.7 Å². The molecule has 2 saturated heterocycles. The number of nitrogens with zero attached hydrogens (tertiary/aromatic N) is 4. The Kier molecular flexibility index (Phi) is 8.01. The minimum absolute atomic E-state index is 0.558. The molecule has 9 nitrogen and oxygen atoms in total. The highest BCUT2D eigenvalue weighted by Gasteiger charge is 2.21. The normalized spacial score (nSPS) is 18.2. The summed E-state index contributed by atoms with van der Waals surface area (Å²) in [6, 6.07) is 10.6. The van der Waals surface area contributed by atoms with Gasteiger partial charge in [-0.05, 0) is 25.0 Å². The van der Waals surface area contributed by atoms with Crippen LogP contribution in [-0.2, 0) is 14.3 Å². The summed E-state index contributed by atoms with van der Waals surface area (Å²) in [4.78, 5) is 32.7. The standard InChI is InChI=1S/C15H20N4O.C4H4O4/c1-18-11-12-20-15(18)17-14(19-9-5-6-10-19)16-13-7-3-2-4-8-13;5-3(6)1-2-4(7)8/h2-4,7-8H,5-6,9-12H2,1H3;1-2H,(H,5,6)(H,7,8). The summed E-state index contributed by atoms with van der Waals surface area (Å²) in [6.07, 6.45) is 3.52. The zero-order valence-electron chi connectivity index (χ0n) is 15.7. The van der Waals surface area contributed by atoms with E-state index in [9.17, 15) is 9.59 Å². The van der Waals surface area contributed by atoms with Gasteiger partial charge in [-0.25, -0.2) is 14.6 Å². The number of carboxylic acids is 2. The number of carbonyl (C=O) groups is 2. The zero-order valence-corrected chi connectivity index (χ0v) is 15.7. The molecule has 150 valence electrons. The molecule has 0 radical (unpaired) electrons. The molecule has 2 fully saturated rings. The maximum atomic E-state index is 9.55. The first kappa shape index (κ1) is 20.9. The molecule has 3 rings (SSSR count). The fraction of sp³-hybridized carbons (Fsp3) is 0.368. The van der Waals surface area contributed by atoms with Crippen molar-refractivity contribution in [3.05, 3.63) is 42.5 Å². The molecule has 9 heteroatoms. The van der Waals surface area contributed by atoms with Crippen molar-refractivity contribution in [2.75, 3.05) is 33.3 Å². The van der Waals surface area contributed by atoms with E-state index in [4.69, 9.17) is 14.9 Å². The zero-order chi connectivity index (χ0) is 20.4. The highest BCUT2D eigenvalue weighted by Crippen LogP contribution is 2.16. The summed E-state index contributed by atoms with van der Waals surface area (Å²) in [5.41, 5.74) is 0.930. The van der Waals surface area contributed by atoms with Gasteiger partial charge >= 0.3 is 11.9 Å². The maximum absolute atomic E-state index is 9.55. The summed E-state index contributed by atoms with van der Waals surface area (Å²) in [5, 5.41) is 15.6. The van der Waals surface area contributed by atoms with Gasteiger partial charge in [0.05, 0.1) is 12.2 Å². The van der Waals surface area contributed by atoms with Crippen molar-refractivity contribution in [1.29, 1.82) is 0 Å². The molecule has 2 heterocycles. The smallest absolute Gasteiger partial charge is 0.328 e. The van der Waals surface area contributed by atoms with Crippen molar-refractivity contribution in [3.63, 3.8) is 0 Å². The lowest BCUT2D eigenvalue weighted by Crippen LogP contribution is -2.29. The minimum Gasteiger partial charge on any atom is -0.478 e. The third-order valence-electron chi connectivity index (χ3n) is 3.92. The fourth-order valence-electron chi connectivity index (χ4n) is 2.53. The van der Waals surface area contributed by atoms with Crippen LogP contribution in [0.15, 0.2) is 52.5 Å². The number of carboxylic acid groups (broad SMARTS) is 2. The molecule has 0 bridgehead atoms. The number of ether oxygens (including phenoxy) is 1. The lowest BCUT2D eigenvalue weighted by molar-refractivity contribution is -0.134. The molecule has 0 unspecified atom stereocenters. The van der Waals surface area contributed by atoms with Crippen LogP contribution in [0, 0.1) is 0 Å². The Bertz CT molecular complexity index is 739. The lowest BCUT2D eigenvalue weighted by atomic mass is 10.3. The number of benzene rings is 1. The van der Waals surface area contributed by atoms with Gasteiger partial charge in [-0.2, -0.15) is 4.99 Å². The number of hydrogen-bond donors (Lipinski definition) is 2. The van der Waals surface area contributed by atoms with E-state index in [-0.39, 0.29) is 0 Å². The third-order valence-corrected chi connectivity index (χ3v) is 3.92. The first-order valence-corrected chi connectivity index (χ1v) is 8.91. The second-order valence-electron chi connectivity index (χ2n) is 6.12. The van der Waals surface area contributed by atoms with E-state index in [0.717, 1.165) is 31.3 Å². The Morgan fingerprint density at radius 2 is 1.64 bits per heavy atom. The molecule has 28 heavy (non-hydrogen) atoms. The Balaban J connectivity index is 0.000000300. The van der Waals surface area contributed by atoms with Gasteiger partial charge in [0.2, 0.25) is 5.96 Å². The Morgan fingerprint density at radius 1 is 1.04 bits per heavy atom. The van der Waals surface area contributed by atoms with Crippen molar-refractivity contribution >= 4 is 29.6 Å². The van der Waals surface area contributed by atoms with Gasteiger partial charge in [-0.3, -0.25) is 0 Å². The predicted molar refractivity (Wildman–Crippen MR) is 105 cm³/mol. The maximum Gasteiger partial charge on any atom is 0.328 e. The highest BCUT2D eigenvalue weighted by molar-refractivity contribution is 5.94. The van der Waals surface area contributed by atoms with Gasteiger partial charge in [0.1, 0.15) is 6.61 Å². The average molecular weight is 388 g/mol. The number of likely N-dealkylation sites (N-methyl/N-ethyl adjacent to an activating group) is 1. The first-order chi connectivity index (χ1) is 13.5. The highest BCUT2D eigenvalue weighted by atomic mass is 16.5. The monoisotopic (exact) mass is 388 g/mol. The number of hydrogen-bond acceptors (Lipinski definition) is 4. The van der Waals surface area contributed by atoms with E-state index >= 15 is 0 Å². The van der Waals surface area contributed by atoms with Crippen LogP contribution in [0.4, 0.5) is 5.69 Å². The molecule has 0 saturated carbocycles. The van der Waals surface area contributed by atoms with Crippen molar-refractivity contribution in [2.45, 2.75) is 12.8 Å². The van der Waals surface area contributed by atoms with E-state index in [0.29, 0.717) is 24.8 Å². The fourth-order valence-corrected chi connectivity index (χ4v) is 2.53. The quantitative estimate of drug-likeness (QED) is 0.461. The van der Waals surface area contributed by atoms with E-state index < -0.39 is 11.9 Å². The lowest BCUT2D eigenvalue weighted by Gasteiger charge is -2.17. The number of aliphatic carboxylic acids is 2. The molecule has 1 aromatic rings. The van der Waals surface area contributed by atoms with Crippen LogP contribution in [0.1, 0.15) is 12.8 Å². The second kappa shape index (κ2) is 10.7. The number of para-hydroxylation sites is 1. The summed E-state index contributed by atoms with van der Waals surface area (Å²) >= 11 is 0. The number of aliphatic imine (C=N–C) groups is 2. The second-order valence-corrected chi connectivity index (χ2v) is 6.12. The summed E-state index contributed by atoms with van der Waals surface area (Å²) in [5.74, 6) is -1.75. The van der Waals surface area contributed by atoms with Crippen molar-refractivity contribution < 1.29 is 24.5 Å². The van der Waals surface area contributed by atoms with Crippen LogP contribution in [-0.4, -0.2) is 77.2 Å². The third kappa shape index (κ3) is 7.10. The molecule has 2 aliphatic rings. The van der Waals surface area contributed by atoms with Crippen LogP contribution in [0.3, 0.4) is 0 Å². The van der Waals surface area contributed by atoms with Crippen LogP contribution >= 0.6 is 0 Å². The number of amidine groups is 1. The summed E-state index contributed by atoms with van der Waals surface area (Å²) in [7, 11) is 2.00.